The molecule has 74 valence electrons. The van der Waals surface area contributed by atoms with Gasteiger partial charge in [-0.15, -0.1) is 0 Å². The van der Waals surface area contributed by atoms with Gasteiger partial charge in [0, 0.05) is 36.2 Å². The standard InChI is InChI=1S/C10H17BrN2/c1-8(11)6-12-9-4-5-13(7-9)10-2-3-10/h9-10,12H,1-7H2. The number of nitrogens with zero attached hydrogens (tertiary/aromatic N) is 1. The molecule has 0 amide bonds. The second kappa shape index (κ2) is 4.11. The van der Waals surface area contributed by atoms with Crippen molar-refractivity contribution in [3.63, 3.8) is 0 Å². The fourth-order valence-electron chi connectivity index (χ4n) is 1.98. The summed E-state index contributed by atoms with van der Waals surface area (Å²) < 4.78 is 1.05. The van der Waals surface area contributed by atoms with E-state index in [0.29, 0.717) is 6.04 Å². The van der Waals surface area contributed by atoms with Crippen LogP contribution in [-0.4, -0.2) is 36.6 Å². The van der Waals surface area contributed by atoms with Gasteiger partial charge in [0.1, 0.15) is 0 Å². The molecule has 13 heavy (non-hydrogen) atoms. The summed E-state index contributed by atoms with van der Waals surface area (Å²) >= 11 is 3.37. The van der Waals surface area contributed by atoms with Crippen LogP contribution in [0, 0.1) is 0 Å². The molecule has 2 rings (SSSR count). The van der Waals surface area contributed by atoms with Gasteiger partial charge in [-0.2, -0.15) is 0 Å². The quantitative estimate of drug-likeness (QED) is 0.811. The van der Waals surface area contributed by atoms with Crippen molar-refractivity contribution in [3.8, 4) is 0 Å². The molecule has 3 heteroatoms. The monoisotopic (exact) mass is 244 g/mol. The van der Waals surface area contributed by atoms with E-state index in [9.17, 15) is 0 Å². The van der Waals surface area contributed by atoms with Crippen LogP contribution < -0.4 is 5.32 Å². The summed E-state index contributed by atoms with van der Waals surface area (Å²) in [4.78, 5) is 2.62. The molecule has 1 aliphatic carbocycles. The number of nitrogens with one attached hydrogen (secondary N) is 1. The summed E-state index contributed by atoms with van der Waals surface area (Å²) in [7, 11) is 0. The van der Waals surface area contributed by atoms with Crippen LogP contribution >= 0.6 is 15.9 Å². The van der Waals surface area contributed by atoms with E-state index in [1.807, 2.05) is 0 Å². The van der Waals surface area contributed by atoms with Crippen LogP contribution in [-0.2, 0) is 0 Å². The molecular weight excluding hydrogens is 228 g/mol. The van der Waals surface area contributed by atoms with Gasteiger partial charge in [-0.1, -0.05) is 22.5 Å². The molecule has 1 atom stereocenters. The third-order valence-corrected chi connectivity index (χ3v) is 3.15. The first-order chi connectivity index (χ1) is 6.25. The molecule has 2 nitrogen and oxygen atoms in total. The largest absolute Gasteiger partial charge is 0.308 e. The van der Waals surface area contributed by atoms with Gasteiger partial charge in [-0.25, -0.2) is 0 Å². The minimum Gasteiger partial charge on any atom is -0.308 e. The van der Waals surface area contributed by atoms with E-state index in [-0.39, 0.29) is 0 Å². The topological polar surface area (TPSA) is 15.3 Å². The molecule has 1 heterocycles. The van der Waals surface area contributed by atoms with Crippen LogP contribution in [0.5, 0.6) is 0 Å². The fourth-order valence-corrected chi connectivity index (χ4v) is 2.14. The molecular formula is C10H17BrN2. The molecule has 0 spiro atoms. The predicted octanol–water partition coefficient (Wildman–Crippen LogP) is 1.72. The van der Waals surface area contributed by atoms with Crippen LogP contribution in [0.2, 0.25) is 0 Å². The molecule has 1 aliphatic heterocycles. The van der Waals surface area contributed by atoms with E-state index >= 15 is 0 Å². The zero-order chi connectivity index (χ0) is 9.26. The summed E-state index contributed by atoms with van der Waals surface area (Å²) in [6.07, 6.45) is 4.16. The minimum absolute atomic E-state index is 0.690. The highest BCUT2D eigenvalue weighted by molar-refractivity contribution is 9.11. The fraction of sp³-hybridized carbons (Fsp3) is 0.800. The Morgan fingerprint density at radius 2 is 2.23 bits per heavy atom. The van der Waals surface area contributed by atoms with Gasteiger partial charge in [0.05, 0.1) is 0 Å². The second-order valence-electron chi connectivity index (χ2n) is 4.11. The molecule has 1 saturated heterocycles. The molecule has 2 aliphatic rings. The molecule has 1 N–H and O–H groups in total. The van der Waals surface area contributed by atoms with Crippen molar-refractivity contribution in [2.24, 2.45) is 0 Å². The number of rotatable bonds is 4. The van der Waals surface area contributed by atoms with E-state index in [0.717, 1.165) is 17.1 Å². The molecule has 0 radical (unpaired) electrons. The second-order valence-corrected chi connectivity index (χ2v) is 5.23. The minimum atomic E-state index is 0.690. The summed E-state index contributed by atoms with van der Waals surface area (Å²) in [6, 6.07) is 1.62. The Kier molecular flexibility index (Phi) is 3.06. The van der Waals surface area contributed by atoms with E-state index in [2.05, 4.69) is 32.7 Å². The number of halogens is 1. The first-order valence-electron chi connectivity index (χ1n) is 5.06. The van der Waals surface area contributed by atoms with Crippen molar-refractivity contribution < 1.29 is 0 Å². The first kappa shape index (κ1) is 9.69. The van der Waals surface area contributed by atoms with Crippen molar-refractivity contribution in [2.45, 2.75) is 31.3 Å². The summed E-state index contributed by atoms with van der Waals surface area (Å²) in [5.74, 6) is 0. The molecule has 0 bridgehead atoms. The molecule has 2 fully saturated rings. The summed E-state index contributed by atoms with van der Waals surface area (Å²) in [6.45, 7) is 7.26. The average Bonchev–Trinajstić information content (AvgIpc) is 2.83. The summed E-state index contributed by atoms with van der Waals surface area (Å²) in [5, 5.41) is 3.51. The van der Waals surface area contributed by atoms with Crippen molar-refractivity contribution in [3.05, 3.63) is 11.1 Å². The molecule has 1 unspecified atom stereocenters. The van der Waals surface area contributed by atoms with Crippen molar-refractivity contribution >= 4 is 15.9 Å². The number of hydrogen-bond acceptors (Lipinski definition) is 2. The molecule has 0 aromatic carbocycles. The van der Waals surface area contributed by atoms with Crippen LogP contribution in [0.3, 0.4) is 0 Å². The van der Waals surface area contributed by atoms with Crippen LogP contribution in [0.25, 0.3) is 0 Å². The highest BCUT2D eigenvalue weighted by Crippen LogP contribution is 2.29. The Hall–Kier alpha value is 0.140. The van der Waals surface area contributed by atoms with Crippen molar-refractivity contribution in [1.29, 1.82) is 0 Å². The van der Waals surface area contributed by atoms with E-state index in [1.54, 1.807) is 0 Å². The van der Waals surface area contributed by atoms with Crippen LogP contribution in [0.4, 0.5) is 0 Å². The smallest absolute Gasteiger partial charge is 0.0268 e. The van der Waals surface area contributed by atoms with E-state index in [1.165, 1.54) is 32.4 Å². The zero-order valence-corrected chi connectivity index (χ0v) is 9.52. The molecule has 0 aromatic rings. The third kappa shape index (κ3) is 2.79. The molecule has 0 aromatic heterocycles. The van der Waals surface area contributed by atoms with Gasteiger partial charge >= 0.3 is 0 Å². The lowest BCUT2D eigenvalue weighted by molar-refractivity contribution is 0.319. The van der Waals surface area contributed by atoms with Gasteiger partial charge in [0.25, 0.3) is 0 Å². The van der Waals surface area contributed by atoms with Gasteiger partial charge in [-0.05, 0) is 19.3 Å². The van der Waals surface area contributed by atoms with Gasteiger partial charge in [-0.3, -0.25) is 4.90 Å². The maximum absolute atomic E-state index is 3.82. The van der Waals surface area contributed by atoms with Crippen LogP contribution in [0.15, 0.2) is 11.1 Å². The molecule has 1 saturated carbocycles. The highest BCUT2D eigenvalue weighted by atomic mass is 79.9. The Bertz CT molecular complexity index is 201. The Morgan fingerprint density at radius 1 is 1.46 bits per heavy atom. The lowest BCUT2D eigenvalue weighted by Gasteiger charge is -2.15. The normalized spacial score (nSPS) is 29.5. The lowest BCUT2D eigenvalue weighted by atomic mass is 10.2. The van der Waals surface area contributed by atoms with Crippen molar-refractivity contribution in [1.82, 2.24) is 10.2 Å². The predicted molar refractivity (Wildman–Crippen MR) is 59.1 cm³/mol. The van der Waals surface area contributed by atoms with Gasteiger partial charge in [0.2, 0.25) is 0 Å². The first-order valence-corrected chi connectivity index (χ1v) is 5.85. The zero-order valence-electron chi connectivity index (χ0n) is 7.93. The SMILES string of the molecule is C=C(Br)CNC1CCN(C2CC2)C1. The Labute approximate surface area is 88.5 Å². The van der Waals surface area contributed by atoms with Gasteiger partial charge in [0.15, 0.2) is 0 Å². The third-order valence-electron chi connectivity index (χ3n) is 2.87. The highest BCUT2D eigenvalue weighted by Gasteiger charge is 2.33. The maximum atomic E-state index is 3.82. The van der Waals surface area contributed by atoms with E-state index in [4.69, 9.17) is 0 Å². The van der Waals surface area contributed by atoms with Crippen molar-refractivity contribution in [2.75, 3.05) is 19.6 Å². The number of hydrogen-bond donors (Lipinski definition) is 1. The maximum Gasteiger partial charge on any atom is 0.0268 e. The average molecular weight is 245 g/mol. The Balaban J connectivity index is 1.68. The number of likely N-dealkylation sites (tertiary alicyclic amines) is 1. The lowest BCUT2D eigenvalue weighted by Crippen LogP contribution is -2.33. The summed E-state index contributed by atoms with van der Waals surface area (Å²) in [5.41, 5.74) is 0. The van der Waals surface area contributed by atoms with Gasteiger partial charge < -0.3 is 5.32 Å². The Morgan fingerprint density at radius 3 is 2.85 bits per heavy atom. The van der Waals surface area contributed by atoms with Crippen LogP contribution in [0.1, 0.15) is 19.3 Å². The van der Waals surface area contributed by atoms with E-state index < -0.39 is 0 Å².